The number of esters is 1. The number of aliphatic hydroxyl groups is 2. The first kappa shape index (κ1) is 68.8. The van der Waals surface area contributed by atoms with E-state index in [1.165, 1.54) is 225 Å². The average molecular weight is 997 g/mol. The second kappa shape index (κ2) is 60.4. The second-order valence-corrected chi connectivity index (χ2v) is 21.4. The summed E-state index contributed by atoms with van der Waals surface area (Å²) in [6, 6.07) is -0.651. The summed E-state index contributed by atoms with van der Waals surface area (Å²) < 4.78 is 5.47. The molecule has 71 heavy (non-hydrogen) atoms. The molecule has 0 aliphatic rings. The van der Waals surface area contributed by atoms with E-state index in [0.717, 1.165) is 77.0 Å². The highest BCUT2D eigenvalue weighted by atomic mass is 16.5. The molecule has 0 aromatic heterocycles. The Labute approximate surface area is 442 Å². The number of amides is 1. The maximum atomic E-state index is 12.5. The van der Waals surface area contributed by atoms with Crippen LogP contribution in [0.5, 0.6) is 0 Å². The van der Waals surface area contributed by atoms with E-state index in [1.54, 1.807) is 6.08 Å². The third-order valence-electron chi connectivity index (χ3n) is 14.3. The van der Waals surface area contributed by atoms with Crippen molar-refractivity contribution in [1.29, 1.82) is 0 Å². The maximum Gasteiger partial charge on any atom is 0.305 e. The topological polar surface area (TPSA) is 95.9 Å². The Bertz CT molecular complexity index is 1190. The number of hydrogen-bond donors (Lipinski definition) is 3. The van der Waals surface area contributed by atoms with E-state index in [-0.39, 0.29) is 18.5 Å². The lowest BCUT2D eigenvalue weighted by atomic mass is 10.0. The summed E-state index contributed by atoms with van der Waals surface area (Å²) in [7, 11) is 0. The lowest BCUT2D eigenvalue weighted by Crippen LogP contribution is -2.45. The summed E-state index contributed by atoms with van der Waals surface area (Å²) in [6.45, 7) is 4.85. The number of carbonyl (C=O) groups is 2. The number of hydrogen-bond acceptors (Lipinski definition) is 5. The zero-order valence-corrected chi connectivity index (χ0v) is 47.5. The largest absolute Gasteiger partial charge is 0.466 e. The van der Waals surface area contributed by atoms with E-state index in [2.05, 4.69) is 55.6 Å². The third kappa shape index (κ3) is 57.0. The van der Waals surface area contributed by atoms with Gasteiger partial charge in [0.2, 0.25) is 5.91 Å². The van der Waals surface area contributed by atoms with Crippen LogP contribution in [-0.4, -0.2) is 47.4 Å². The van der Waals surface area contributed by atoms with Crippen LogP contribution in [0, 0.1) is 0 Å². The normalized spacial score (nSPS) is 12.9. The molecule has 416 valence electrons. The molecule has 0 rings (SSSR count). The first-order valence-corrected chi connectivity index (χ1v) is 31.4. The van der Waals surface area contributed by atoms with E-state index in [9.17, 15) is 19.8 Å². The van der Waals surface area contributed by atoms with E-state index in [0.29, 0.717) is 19.4 Å². The number of unbranched alkanes of at least 4 members (excludes halogenated alkanes) is 41. The van der Waals surface area contributed by atoms with Gasteiger partial charge in [0.15, 0.2) is 0 Å². The fraction of sp³-hybridized carbons (Fsp3) is 0.846. The Kier molecular flexibility index (Phi) is 58.5. The minimum absolute atomic E-state index is 0.0216. The molecule has 0 aliphatic carbocycles. The Morgan fingerprint density at radius 3 is 1.13 bits per heavy atom. The van der Waals surface area contributed by atoms with Crippen molar-refractivity contribution in [1.82, 2.24) is 5.32 Å². The van der Waals surface area contributed by atoms with Crippen molar-refractivity contribution >= 4 is 11.9 Å². The van der Waals surface area contributed by atoms with Gasteiger partial charge in [-0.15, -0.1) is 0 Å². The van der Waals surface area contributed by atoms with Crippen LogP contribution in [0.25, 0.3) is 0 Å². The van der Waals surface area contributed by atoms with Gasteiger partial charge < -0.3 is 20.3 Å². The molecule has 0 aromatic rings. The summed E-state index contributed by atoms with van der Waals surface area (Å²) in [5, 5.41) is 23.2. The average Bonchev–Trinajstić information content (AvgIpc) is 3.37. The zero-order valence-electron chi connectivity index (χ0n) is 47.5. The van der Waals surface area contributed by atoms with Crippen molar-refractivity contribution in [2.24, 2.45) is 0 Å². The predicted molar refractivity (Wildman–Crippen MR) is 310 cm³/mol. The van der Waals surface area contributed by atoms with Crippen LogP contribution in [0.2, 0.25) is 0 Å². The highest BCUT2D eigenvalue weighted by Gasteiger charge is 2.18. The number of nitrogens with one attached hydrogen (secondary N) is 1. The van der Waals surface area contributed by atoms with Gasteiger partial charge in [-0.3, -0.25) is 9.59 Å². The highest BCUT2D eigenvalue weighted by Crippen LogP contribution is 2.17. The van der Waals surface area contributed by atoms with E-state index in [4.69, 9.17) is 4.74 Å². The predicted octanol–water partition coefficient (Wildman–Crippen LogP) is 19.7. The minimum Gasteiger partial charge on any atom is -0.466 e. The number of carbonyl (C=O) groups excluding carboxylic acids is 2. The fourth-order valence-electron chi connectivity index (χ4n) is 9.48. The van der Waals surface area contributed by atoms with Gasteiger partial charge in [0.1, 0.15) is 0 Å². The quantitative estimate of drug-likeness (QED) is 0.0321. The summed E-state index contributed by atoms with van der Waals surface area (Å²) in [4.78, 5) is 24.6. The van der Waals surface area contributed by atoms with Gasteiger partial charge in [-0.1, -0.05) is 274 Å². The molecule has 3 N–H and O–H groups in total. The van der Waals surface area contributed by atoms with E-state index in [1.807, 2.05) is 6.08 Å². The molecule has 6 nitrogen and oxygen atoms in total. The zero-order chi connectivity index (χ0) is 51.4. The number of allylic oxidation sites excluding steroid dienone is 7. The molecule has 0 spiro atoms. The Morgan fingerprint density at radius 2 is 0.704 bits per heavy atom. The molecular formula is C65H121NO5. The van der Waals surface area contributed by atoms with Crippen LogP contribution >= 0.6 is 0 Å². The molecule has 0 fully saturated rings. The molecule has 6 heteroatoms. The van der Waals surface area contributed by atoms with Gasteiger partial charge in [-0.05, 0) is 89.9 Å². The van der Waals surface area contributed by atoms with Gasteiger partial charge in [-0.25, -0.2) is 0 Å². The van der Waals surface area contributed by atoms with Gasteiger partial charge in [-0.2, -0.15) is 0 Å². The lowest BCUT2D eigenvalue weighted by Gasteiger charge is -2.19. The van der Waals surface area contributed by atoms with Crippen LogP contribution in [0.4, 0.5) is 0 Å². The molecule has 0 aliphatic heterocycles. The van der Waals surface area contributed by atoms with Crippen LogP contribution in [-0.2, 0) is 14.3 Å². The summed E-state index contributed by atoms with van der Waals surface area (Å²) in [5.41, 5.74) is 0. The molecule has 0 bridgehead atoms. The second-order valence-electron chi connectivity index (χ2n) is 21.4. The minimum atomic E-state index is -0.864. The van der Waals surface area contributed by atoms with Gasteiger partial charge in [0, 0.05) is 12.8 Å². The van der Waals surface area contributed by atoms with E-state index < -0.39 is 12.1 Å². The fourth-order valence-corrected chi connectivity index (χ4v) is 9.48. The van der Waals surface area contributed by atoms with Gasteiger partial charge in [0.25, 0.3) is 0 Å². The third-order valence-corrected chi connectivity index (χ3v) is 14.3. The molecule has 1 amide bonds. The Morgan fingerprint density at radius 1 is 0.394 bits per heavy atom. The van der Waals surface area contributed by atoms with Crippen molar-refractivity contribution in [2.75, 3.05) is 13.2 Å². The smallest absolute Gasteiger partial charge is 0.305 e. The number of aliphatic hydroxyl groups excluding tert-OH is 2. The first-order chi connectivity index (χ1) is 35.0. The summed E-state index contributed by atoms with van der Waals surface area (Å²) in [6.07, 6.45) is 77.2. The molecule has 2 atom stereocenters. The highest BCUT2D eigenvalue weighted by molar-refractivity contribution is 5.76. The molecule has 0 saturated heterocycles. The number of rotatable bonds is 58. The SMILES string of the molecule is CCCCC/C=C\C/C=C\CCCCCCCCCC(=O)OCCCCCCCC/C=C\CCCCCC(=O)NC(CO)C(O)/C=C/CCCCCCCCCCCCCCCCCCCCCCCC. The van der Waals surface area contributed by atoms with Crippen molar-refractivity contribution < 1.29 is 24.5 Å². The van der Waals surface area contributed by atoms with Crippen LogP contribution in [0.3, 0.4) is 0 Å². The van der Waals surface area contributed by atoms with Crippen LogP contribution in [0.15, 0.2) is 48.6 Å². The maximum absolute atomic E-state index is 12.5. The molecule has 0 aromatic carbocycles. The molecular weight excluding hydrogens is 875 g/mol. The summed E-state index contributed by atoms with van der Waals surface area (Å²) >= 11 is 0. The molecule has 2 unspecified atom stereocenters. The van der Waals surface area contributed by atoms with Crippen molar-refractivity contribution in [3.63, 3.8) is 0 Å². The van der Waals surface area contributed by atoms with Gasteiger partial charge >= 0.3 is 5.97 Å². The van der Waals surface area contributed by atoms with Gasteiger partial charge in [0.05, 0.1) is 25.4 Å². The van der Waals surface area contributed by atoms with Crippen molar-refractivity contribution in [3.8, 4) is 0 Å². The molecule has 0 radical (unpaired) electrons. The Balaban J connectivity index is 3.52. The standard InChI is InChI=1S/C65H121NO5/c1-3-5-7-9-11-13-15-17-19-21-22-23-24-25-26-27-29-30-33-37-41-45-49-53-57-63(68)62(61-67)66-64(69)58-54-50-46-42-38-34-32-36-40-44-48-52-56-60-71-65(70)59-55-51-47-43-39-35-31-28-20-18-16-14-12-10-8-6-4-2/h12,14,18,20,34,38,53,57,62-63,67-68H,3-11,13,15-17,19,21-33,35-37,39-52,54-56,58-61H2,1-2H3,(H,66,69)/b14-12-,20-18-,38-34-,57-53+. The molecule has 0 saturated carbocycles. The molecule has 0 heterocycles. The first-order valence-electron chi connectivity index (χ1n) is 31.4. The monoisotopic (exact) mass is 996 g/mol. The lowest BCUT2D eigenvalue weighted by molar-refractivity contribution is -0.143. The van der Waals surface area contributed by atoms with Crippen LogP contribution in [0.1, 0.15) is 328 Å². The van der Waals surface area contributed by atoms with Crippen molar-refractivity contribution in [2.45, 2.75) is 341 Å². The Hall–Kier alpha value is -2.18. The number of ether oxygens (including phenoxy) is 1. The van der Waals surface area contributed by atoms with Crippen molar-refractivity contribution in [3.05, 3.63) is 48.6 Å². The van der Waals surface area contributed by atoms with Crippen LogP contribution < -0.4 is 5.32 Å². The van der Waals surface area contributed by atoms with E-state index >= 15 is 0 Å². The summed E-state index contributed by atoms with van der Waals surface area (Å²) in [5.74, 6) is -0.118.